The van der Waals surface area contributed by atoms with E-state index in [1.165, 1.54) is 6.20 Å². The molecule has 1 fully saturated rings. The SMILES string of the molecule is CC(CC(=O)NNC(=O)c1cccnc1)CC(=O)N1CCC(C(N)=O)CC1. The molecule has 9 heteroatoms. The number of amides is 4. The maximum Gasteiger partial charge on any atom is 0.271 e. The molecular weight excluding hydrogens is 350 g/mol. The molecule has 2 rings (SSSR count). The highest BCUT2D eigenvalue weighted by Gasteiger charge is 2.26. The van der Waals surface area contributed by atoms with Gasteiger partial charge in [0.15, 0.2) is 0 Å². The van der Waals surface area contributed by atoms with Crippen LogP contribution in [-0.4, -0.2) is 46.6 Å². The van der Waals surface area contributed by atoms with E-state index in [1.54, 1.807) is 30.2 Å². The Hall–Kier alpha value is -2.97. The van der Waals surface area contributed by atoms with E-state index in [1.807, 2.05) is 0 Å². The molecule has 0 radical (unpaired) electrons. The molecule has 1 saturated heterocycles. The van der Waals surface area contributed by atoms with E-state index in [0.717, 1.165) is 0 Å². The summed E-state index contributed by atoms with van der Waals surface area (Å²) in [5.41, 5.74) is 10.3. The first-order chi connectivity index (χ1) is 12.9. The molecule has 0 aliphatic carbocycles. The molecule has 9 nitrogen and oxygen atoms in total. The van der Waals surface area contributed by atoms with Gasteiger partial charge in [0.1, 0.15) is 0 Å². The lowest BCUT2D eigenvalue weighted by atomic mass is 9.95. The molecule has 2 heterocycles. The number of primary amides is 1. The molecule has 4 N–H and O–H groups in total. The van der Waals surface area contributed by atoms with E-state index in [9.17, 15) is 19.2 Å². The number of carbonyl (C=O) groups is 4. The van der Waals surface area contributed by atoms with Gasteiger partial charge in [-0.25, -0.2) is 0 Å². The molecule has 27 heavy (non-hydrogen) atoms. The Balaban J connectivity index is 1.69. The first kappa shape index (κ1) is 20.3. The van der Waals surface area contributed by atoms with Crippen LogP contribution in [0.3, 0.4) is 0 Å². The Morgan fingerprint density at radius 1 is 1.22 bits per heavy atom. The van der Waals surface area contributed by atoms with Gasteiger partial charge in [-0.3, -0.25) is 35.0 Å². The summed E-state index contributed by atoms with van der Waals surface area (Å²) in [4.78, 5) is 52.8. The summed E-state index contributed by atoms with van der Waals surface area (Å²) in [6.07, 6.45) is 4.43. The van der Waals surface area contributed by atoms with Crippen LogP contribution in [0.25, 0.3) is 0 Å². The number of nitrogens with zero attached hydrogens (tertiary/aromatic N) is 2. The Kier molecular flexibility index (Phi) is 7.27. The molecule has 0 aromatic carbocycles. The molecule has 0 bridgehead atoms. The summed E-state index contributed by atoms with van der Waals surface area (Å²) >= 11 is 0. The van der Waals surface area contributed by atoms with Crippen molar-refractivity contribution in [2.24, 2.45) is 17.6 Å². The fourth-order valence-corrected chi connectivity index (χ4v) is 2.98. The van der Waals surface area contributed by atoms with Gasteiger partial charge < -0.3 is 10.6 Å². The number of aromatic nitrogens is 1. The number of pyridine rings is 1. The van der Waals surface area contributed by atoms with Crippen molar-refractivity contribution in [1.29, 1.82) is 0 Å². The molecule has 1 atom stereocenters. The minimum absolute atomic E-state index is 0.0439. The number of likely N-dealkylation sites (tertiary alicyclic amines) is 1. The molecule has 0 spiro atoms. The number of hydrogen-bond donors (Lipinski definition) is 3. The zero-order valence-electron chi connectivity index (χ0n) is 15.3. The molecular formula is C18H25N5O4. The van der Waals surface area contributed by atoms with Crippen molar-refractivity contribution in [3.63, 3.8) is 0 Å². The summed E-state index contributed by atoms with van der Waals surface area (Å²) in [7, 11) is 0. The molecule has 4 amide bonds. The molecule has 0 saturated carbocycles. The number of nitrogens with two attached hydrogens (primary N) is 1. The average molecular weight is 375 g/mol. The summed E-state index contributed by atoms with van der Waals surface area (Å²) in [6.45, 7) is 2.82. The van der Waals surface area contributed by atoms with Crippen molar-refractivity contribution in [2.45, 2.75) is 32.6 Å². The fraction of sp³-hybridized carbons (Fsp3) is 0.500. The van der Waals surface area contributed by atoms with E-state index >= 15 is 0 Å². The Morgan fingerprint density at radius 3 is 2.52 bits per heavy atom. The summed E-state index contributed by atoms with van der Waals surface area (Å²) in [6, 6.07) is 3.20. The average Bonchev–Trinajstić information content (AvgIpc) is 2.66. The first-order valence-electron chi connectivity index (χ1n) is 8.93. The zero-order chi connectivity index (χ0) is 19.8. The van der Waals surface area contributed by atoms with Crippen molar-refractivity contribution in [3.05, 3.63) is 30.1 Å². The highest BCUT2D eigenvalue weighted by atomic mass is 16.2. The summed E-state index contributed by atoms with van der Waals surface area (Å²) in [5, 5.41) is 0. The highest BCUT2D eigenvalue weighted by Crippen LogP contribution is 2.19. The van der Waals surface area contributed by atoms with Crippen LogP contribution in [0.1, 0.15) is 43.0 Å². The van der Waals surface area contributed by atoms with Gasteiger partial charge in [-0.05, 0) is 30.9 Å². The maximum absolute atomic E-state index is 12.3. The van der Waals surface area contributed by atoms with Crippen LogP contribution in [0.15, 0.2) is 24.5 Å². The molecule has 1 aliphatic heterocycles. The lowest BCUT2D eigenvalue weighted by molar-refractivity contribution is -0.136. The first-order valence-corrected chi connectivity index (χ1v) is 8.93. The minimum atomic E-state index is -0.461. The lowest BCUT2D eigenvalue weighted by Gasteiger charge is -2.31. The van der Waals surface area contributed by atoms with Gasteiger partial charge in [0, 0.05) is 44.2 Å². The van der Waals surface area contributed by atoms with Gasteiger partial charge in [-0.2, -0.15) is 0 Å². The second-order valence-corrected chi connectivity index (χ2v) is 6.81. The molecule has 146 valence electrons. The van der Waals surface area contributed by atoms with Crippen LogP contribution in [0.5, 0.6) is 0 Å². The van der Waals surface area contributed by atoms with Crippen molar-refractivity contribution in [3.8, 4) is 0 Å². The number of nitrogens with one attached hydrogen (secondary N) is 2. The second kappa shape index (κ2) is 9.65. The maximum atomic E-state index is 12.3. The topological polar surface area (TPSA) is 134 Å². The van der Waals surface area contributed by atoms with E-state index in [0.29, 0.717) is 31.5 Å². The van der Waals surface area contributed by atoms with Gasteiger partial charge in [-0.1, -0.05) is 6.92 Å². The van der Waals surface area contributed by atoms with Gasteiger partial charge >= 0.3 is 0 Å². The predicted molar refractivity (Wildman–Crippen MR) is 96.7 cm³/mol. The van der Waals surface area contributed by atoms with Gasteiger partial charge in [0.25, 0.3) is 5.91 Å². The minimum Gasteiger partial charge on any atom is -0.369 e. The van der Waals surface area contributed by atoms with Crippen molar-refractivity contribution < 1.29 is 19.2 Å². The lowest BCUT2D eigenvalue weighted by Crippen LogP contribution is -2.43. The monoisotopic (exact) mass is 375 g/mol. The van der Waals surface area contributed by atoms with E-state index in [-0.39, 0.29) is 42.4 Å². The largest absolute Gasteiger partial charge is 0.369 e. The Labute approximate surface area is 157 Å². The van der Waals surface area contributed by atoms with Gasteiger partial charge in [0.2, 0.25) is 17.7 Å². The molecule has 1 aromatic heterocycles. The summed E-state index contributed by atoms with van der Waals surface area (Å²) < 4.78 is 0. The number of hydrogen-bond acceptors (Lipinski definition) is 5. The van der Waals surface area contributed by atoms with E-state index < -0.39 is 5.91 Å². The quantitative estimate of drug-likeness (QED) is 0.601. The van der Waals surface area contributed by atoms with Crippen LogP contribution in [0, 0.1) is 11.8 Å². The Morgan fingerprint density at radius 2 is 1.93 bits per heavy atom. The van der Waals surface area contributed by atoms with Crippen molar-refractivity contribution >= 4 is 23.6 Å². The number of hydrazine groups is 1. The fourth-order valence-electron chi connectivity index (χ4n) is 2.98. The third-order valence-corrected chi connectivity index (χ3v) is 4.55. The van der Waals surface area contributed by atoms with Crippen LogP contribution < -0.4 is 16.6 Å². The Bertz CT molecular complexity index is 686. The molecule has 1 aromatic rings. The molecule has 1 aliphatic rings. The normalized spacial score (nSPS) is 15.7. The summed E-state index contributed by atoms with van der Waals surface area (Å²) in [5.74, 6) is -1.54. The zero-order valence-corrected chi connectivity index (χ0v) is 15.3. The third-order valence-electron chi connectivity index (χ3n) is 4.55. The van der Waals surface area contributed by atoms with Crippen LogP contribution in [-0.2, 0) is 14.4 Å². The van der Waals surface area contributed by atoms with Gasteiger partial charge in [0.05, 0.1) is 5.56 Å². The smallest absolute Gasteiger partial charge is 0.271 e. The second-order valence-electron chi connectivity index (χ2n) is 6.81. The van der Waals surface area contributed by atoms with Crippen LogP contribution in [0.2, 0.25) is 0 Å². The number of rotatable bonds is 6. The van der Waals surface area contributed by atoms with Gasteiger partial charge in [-0.15, -0.1) is 0 Å². The van der Waals surface area contributed by atoms with Crippen molar-refractivity contribution in [1.82, 2.24) is 20.7 Å². The highest BCUT2D eigenvalue weighted by molar-refractivity contribution is 5.95. The number of piperidine rings is 1. The number of carbonyl (C=O) groups excluding carboxylic acids is 4. The molecule has 1 unspecified atom stereocenters. The third kappa shape index (κ3) is 6.36. The van der Waals surface area contributed by atoms with Crippen LogP contribution >= 0.6 is 0 Å². The predicted octanol–water partition coefficient (Wildman–Crippen LogP) is -0.0172. The standard InChI is InChI=1S/C18H25N5O4/c1-12(10-16(25)23-7-4-13(5-8-23)17(19)26)9-15(24)21-22-18(27)14-3-2-6-20-11-14/h2-3,6,11-13H,4-5,7-10H2,1H3,(H2,19,26)(H,21,24)(H,22,27). The van der Waals surface area contributed by atoms with E-state index in [2.05, 4.69) is 15.8 Å². The van der Waals surface area contributed by atoms with E-state index in [4.69, 9.17) is 5.73 Å². The van der Waals surface area contributed by atoms with Crippen molar-refractivity contribution in [2.75, 3.05) is 13.1 Å². The van der Waals surface area contributed by atoms with Crippen LogP contribution in [0.4, 0.5) is 0 Å².